The maximum Gasteiger partial charge on any atom is 0.267 e. The topological polar surface area (TPSA) is 97.7 Å². The van der Waals surface area contributed by atoms with Gasteiger partial charge in [-0.15, -0.1) is 0 Å². The molecule has 8 nitrogen and oxygen atoms in total. The Labute approximate surface area is 143 Å². The number of nitrogens with zero attached hydrogens (tertiary/aromatic N) is 4. The summed E-state index contributed by atoms with van der Waals surface area (Å²) in [6.45, 7) is 0.961. The third-order valence-corrected chi connectivity index (χ3v) is 4.88. The first-order valence-corrected chi connectivity index (χ1v) is 8.52. The number of ether oxygens (including phenoxy) is 1. The Kier molecular flexibility index (Phi) is 3.30. The van der Waals surface area contributed by atoms with Crippen molar-refractivity contribution >= 4 is 16.9 Å². The van der Waals surface area contributed by atoms with Gasteiger partial charge in [0.25, 0.3) is 5.56 Å². The highest BCUT2D eigenvalue weighted by Gasteiger charge is 2.33. The Morgan fingerprint density at radius 3 is 3.00 bits per heavy atom. The fourth-order valence-corrected chi connectivity index (χ4v) is 3.36. The average Bonchev–Trinajstić information content (AvgIpc) is 3.17. The lowest BCUT2D eigenvalue weighted by Crippen LogP contribution is -2.37. The van der Waals surface area contributed by atoms with Crippen molar-refractivity contribution < 1.29 is 4.74 Å². The van der Waals surface area contributed by atoms with E-state index in [0.29, 0.717) is 19.1 Å². The summed E-state index contributed by atoms with van der Waals surface area (Å²) in [7, 11) is 0. The fraction of sp³-hybridized carbons (Fsp3) is 0.412. The molecule has 0 bridgehead atoms. The van der Waals surface area contributed by atoms with Gasteiger partial charge in [-0.1, -0.05) is 0 Å². The predicted molar refractivity (Wildman–Crippen MR) is 91.6 cm³/mol. The van der Waals surface area contributed by atoms with Crippen molar-refractivity contribution in [1.82, 2.24) is 24.7 Å². The van der Waals surface area contributed by atoms with Crippen molar-refractivity contribution in [2.75, 3.05) is 18.5 Å². The first-order valence-electron chi connectivity index (χ1n) is 8.52. The molecule has 3 aromatic heterocycles. The van der Waals surface area contributed by atoms with E-state index in [4.69, 9.17) is 4.74 Å². The van der Waals surface area contributed by atoms with Gasteiger partial charge in [0.2, 0.25) is 0 Å². The number of hydrogen-bond acceptors (Lipinski definition) is 6. The minimum Gasteiger partial charge on any atom is -0.377 e. The van der Waals surface area contributed by atoms with Crippen molar-refractivity contribution in [3.63, 3.8) is 0 Å². The quantitative estimate of drug-likeness (QED) is 0.747. The maximum atomic E-state index is 12.4. The van der Waals surface area contributed by atoms with E-state index < -0.39 is 0 Å². The van der Waals surface area contributed by atoms with Crippen molar-refractivity contribution in [2.45, 2.75) is 30.8 Å². The standard InChI is InChI=1S/C17H18N6O2/c24-15-4-3-12(10-1-2-10)22-23(15)14-8-25-7-13(14)21-17-11-5-6-18-16(11)19-9-20-17/h3-6,9-10,13-14H,1-2,7-8H2,(H2,18,19,20,21). The van der Waals surface area contributed by atoms with E-state index in [1.807, 2.05) is 18.3 Å². The Morgan fingerprint density at radius 1 is 1.20 bits per heavy atom. The molecule has 0 amide bonds. The molecular formula is C17H18N6O2. The molecule has 2 atom stereocenters. The summed E-state index contributed by atoms with van der Waals surface area (Å²) < 4.78 is 7.22. The summed E-state index contributed by atoms with van der Waals surface area (Å²) in [5, 5.41) is 8.94. The molecule has 128 valence electrons. The Hall–Kier alpha value is -2.74. The zero-order valence-electron chi connectivity index (χ0n) is 13.6. The van der Waals surface area contributed by atoms with Gasteiger partial charge in [0, 0.05) is 18.2 Å². The number of anilines is 1. The van der Waals surface area contributed by atoms with Crippen molar-refractivity contribution in [3.8, 4) is 0 Å². The molecule has 0 radical (unpaired) electrons. The van der Waals surface area contributed by atoms with Crippen LogP contribution in [0, 0.1) is 0 Å². The molecule has 0 spiro atoms. The van der Waals surface area contributed by atoms with Crippen molar-refractivity contribution in [1.29, 1.82) is 0 Å². The molecular weight excluding hydrogens is 320 g/mol. The first-order chi connectivity index (χ1) is 12.3. The van der Waals surface area contributed by atoms with Gasteiger partial charge in [-0.25, -0.2) is 14.6 Å². The third-order valence-electron chi connectivity index (χ3n) is 4.88. The second-order valence-corrected chi connectivity index (χ2v) is 6.63. The van der Waals surface area contributed by atoms with Gasteiger partial charge in [-0.2, -0.15) is 5.10 Å². The number of rotatable bonds is 4. The van der Waals surface area contributed by atoms with Crippen LogP contribution in [0.5, 0.6) is 0 Å². The highest BCUT2D eigenvalue weighted by atomic mass is 16.5. The smallest absolute Gasteiger partial charge is 0.267 e. The van der Waals surface area contributed by atoms with Gasteiger partial charge in [0.05, 0.1) is 30.3 Å². The summed E-state index contributed by atoms with van der Waals surface area (Å²) in [5.41, 5.74) is 1.68. The van der Waals surface area contributed by atoms with Gasteiger partial charge in [0.15, 0.2) is 0 Å². The van der Waals surface area contributed by atoms with Crippen LogP contribution in [-0.4, -0.2) is 44.0 Å². The minimum atomic E-state index is -0.157. The third kappa shape index (κ3) is 2.58. The van der Waals surface area contributed by atoms with Crippen LogP contribution in [0.25, 0.3) is 11.0 Å². The van der Waals surface area contributed by atoms with E-state index in [0.717, 1.165) is 35.4 Å². The zero-order valence-corrected chi connectivity index (χ0v) is 13.6. The molecule has 2 unspecified atom stereocenters. The van der Waals surface area contributed by atoms with Gasteiger partial charge < -0.3 is 15.0 Å². The van der Waals surface area contributed by atoms with Crippen molar-refractivity contribution in [2.24, 2.45) is 0 Å². The van der Waals surface area contributed by atoms with Crippen LogP contribution in [0.3, 0.4) is 0 Å². The lowest BCUT2D eigenvalue weighted by Gasteiger charge is -2.21. The number of hydrogen-bond donors (Lipinski definition) is 2. The van der Waals surface area contributed by atoms with E-state index in [1.165, 1.54) is 6.33 Å². The van der Waals surface area contributed by atoms with E-state index in [9.17, 15) is 4.79 Å². The highest BCUT2D eigenvalue weighted by molar-refractivity contribution is 5.86. The Balaban J connectivity index is 1.47. The molecule has 25 heavy (non-hydrogen) atoms. The summed E-state index contributed by atoms with van der Waals surface area (Å²) in [6, 6.07) is 5.16. The van der Waals surface area contributed by atoms with Crippen molar-refractivity contribution in [3.05, 3.63) is 46.8 Å². The molecule has 4 heterocycles. The van der Waals surface area contributed by atoms with Gasteiger partial charge in [-0.05, 0) is 25.0 Å². The monoisotopic (exact) mass is 338 g/mol. The number of nitrogens with one attached hydrogen (secondary N) is 2. The average molecular weight is 338 g/mol. The lowest BCUT2D eigenvalue weighted by atomic mass is 10.1. The van der Waals surface area contributed by atoms with Crippen LogP contribution in [0.4, 0.5) is 5.82 Å². The first kappa shape index (κ1) is 14.6. The maximum absolute atomic E-state index is 12.4. The SMILES string of the molecule is O=c1ccc(C2CC2)nn1C1COCC1Nc1ncnc2[nH]ccc12. The summed E-state index contributed by atoms with van der Waals surface area (Å²) in [6.07, 6.45) is 5.66. The largest absolute Gasteiger partial charge is 0.377 e. The van der Waals surface area contributed by atoms with Crippen LogP contribution in [0.15, 0.2) is 35.5 Å². The molecule has 1 aliphatic heterocycles. The molecule has 1 aliphatic carbocycles. The summed E-state index contributed by atoms with van der Waals surface area (Å²) in [4.78, 5) is 24.0. The lowest BCUT2D eigenvalue weighted by molar-refractivity contribution is 0.182. The number of aromatic nitrogens is 5. The molecule has 2 fully saturated rings. The summed E-state index contributed by atoms with van der Waals surface area (Å²) >= 11 is 0. The van der Waals surface area contributed by atoms with Gasteiger partial charge in [0.1, 0.15) is 23.8 Å². The van der Waals surface area contributed by atoms with Gasteiger partial charge >= 0.3 is 0 Å². The number of H-pyrrole nitrogens is 1. The molecule has 1 saturated carbocycles. The molecule has 2 N–H and O–H groups in total. The molecule has 0 aromatic carbocycles. The summed E-state index contributed by atoms with van der Waals surface area (Å²) in [5.74, 6) is 1.24. The number of aromatic amines is 1. The van der Waals surface area contributed by atoms with E-state index in [1.54, 1.807) is 10.7 Å². The molecule has 2 aliphatic rings. The second-order valence-electron chi connectivity index (χ2n) is 6.63. The number of fused-ring (bicyclic) bond motifs is 1. The molecule has 8 heteroatoms. The predicted octanol–water partition coefficient (Wildman–Crippen LogP) is 1.44. The van der Waals surface area contributed by atoms with Crippen LogP contribution in [0.1, 0.15) is 30.5 Å². The van der Waals surface area contributed by atoms with Crippen LogP contribution in [-0.2, 0) is 4.74 Å². The highest BCUT2D eigenvalue weighted by Crippen LogP contribution is 2.38. The van der Waals surface area contributed by atoms with E-state index >= 15 is 0 Å². The fourth-order valence-electron chi connectivity index (χ4n) is 3.36. The molecule has 3 aromatic rings. The normalized spacial score (nSPS) is 23.2. The molecule has 1 saturated heterocycles. The van der Waals surface area contributed by atoms with Gasteiger partial charge in [-0.3, -0.25) is 4.79 Å². The van der Waals surface area contributed by atoms with Crippen LogP contribution < -0.4 is 10.9 Å². The van der Waals surface area contributed by atoms with Crippen LogP contribution in [0.2, 0.25) is 0 Å². The minimum absolute atomic E-state index is 0.0762. The molecule has 5 rings (SSSR count). The Bertz CT molecular complexity index is 976. The second kappa shape index (κ2) is 5.66. The zero-order chi connectivity index (χ0) is 16.8. The Morgan fingerprint density at radius 2 is 2.12 bits per heavy atom. The van der Waals surface area contributed by atoms with Crippen LogP contribution >= 0.6 is 0 Å². The van der Waals surface area contributed by atoms with E-state index in [-0.39, 0.29) is 17.6 Å². The van der Waals surface area contributed by atoms with E-state index in [2.05, 4.69) is 25.4 Å².